The van der Waals surface area contributed by atoms with Gasteiger partial charge in [0.2, 0.25) is 0 Å². The van der Waals surface area contributed by atoms with E-state index in [0.29, 0.717) is 0 Å². The molecule has 6 heteroatoms. The molecule has 0 atom stereocenters. The first-order chi connectivity index (χ1) is 11.2. The van der Waals surface area contributed by atoms with Crippen molar-refractivity contribution < 1.29 is 4.74 Å². The molecule has 1 fully saturated rings. The molecule has 136 valence electrons. The zero-order chi connectivity index (χ0) is 16.5. The molecule has 2 rings (SSSR count). The Morgan fingerprint density at radius 2 is 2.12 bits per heavy atom. The molecule has 0 aliphatic heterocycles. The van der Waals surface area contributed by atoms with Crippen LogP contribution in [0.2, 0.25) is 0 Å². The standard InChI is InChI=1S/C18H29N3OS.HI/c1-14-5-8-16(17(11-14)23-3)12-21-18(19-2)20-9-4-10-22-13-15-6-7-15;/h5,8,11,15H,4,6-7,9-10,12-13H2,1-3H3,(H2,19,20,21);1H. The van der Waals surface area contributed by atoms with Crippen molar-refractivity contribution in [1.82, 2.24) is 10.6 Å². The van der Waals surface area contributed by atoms with Crippen molar-refractivity contribution in [2.75, 3.05) is 33.1 Å². The minimum atomic E-state index is 0. The fourth-order valence-corrected chi connectivity index (χ4v) is 3.02. The Kier molecular flexibility index (Phi) is 10.8. The van der Waals surface area contributed by atoms with Crippen LogP contribution in [0.15, 0.2) is 28.1 Å². The summed E-state index contributed by atoms with van der Waals surface area (Å²) < 4.78 is 5.64. The largest absolute Gasteiger partial charge is 0.381 e. The van der Waals surface area contributed by atoms with Crippen molar-refractivity contribution >= 4 is 41.7 Å². The first-order valence-electron chi connectivity index (χ1n) is 8.38. The van der Waals surface area contributed by atoms with E-state index in [1.54, 1.807) is 11.8 Å². The van der Waals surface area contributed by atoms with Crippen LogP contribution in [-0.4, -0.2) is 39.0 Å². The van der Waals surface area contributed by atoms with Gasteiger partial charge in [0.25, 0.3) is 0 Å². The number of nitrogens with one attached hydrogen (secondary N) is 2. The molecule has 0 aromatic heterocycles. The van der Waals surface area contributed by atoms with Crippen LogP contribution in [0.3, 0.4) is 0 Å². The van der Waals surface area contributed by atoms with Crippen LogP contribution in [0.1, 0.15) is 30.4 Å². The van der Waals surface area contributed by atoms with Gasteiger partial charge in [-0.2, -0.15) is 0 Å². The normalized spacial score (nSPS) is 14.2. The summed E-state index contributed by atoms with van der Waals surface area (Å²) >= 11 is 1.79. The third-order valence-electron chi connectivity index (χ3n) is 3.92. The molecule has 1 aromatic carbocycles. The van der Waals surface area contributed by atoms with E-state index in [2.05, 4.69) is 47.0 Å². The zero-order valence-electron chi connectivity index (χ0n) is 14.9. The Morgan fingerprint density at radius 3 is 2.79 bits per heavy atom. The zero-order valence-corrected chi connectivity index (χ0v) is 18.1. The molecule has 1 aliphatic carbocycles. The molecule has 24 heavy (non-hydrogen) atoms. The molecule has 0 saturated heterocycles. The second-order valence-corrected chi connectivity index (χ2v) is 6.89. The average molecular weight is 463 g/mol. The van der Waals surface area contributed by atoms with Crippen LogP contribution < -0.4 is 10.6 Å². The van der Waals surface area contributed by atoms with Gasteiger partial charge in [-0.1, -0.05) is 12.1 Å². The molecule has 2 N–H and O–H groups in total. The molecular weight excluding hydrogens is 433 g/mol. The molecule has 4 nitrogen and oxygen atoms in total. The quantitative estimate of drug-likeness (QED) is 0.192. The van der Waals surface area contributed by atoms with E-state index >= 15 is 0 Å². The maximum atomic E-state index is 5.64. The van der Waals surface area contributed by atoms with Crippen LogP contribution in [0.5, 0.6) is 0 Å². The average Bonchev–Trinajstić information content (AvgIpc) is 3.38. The number of thioether (sulfide) groups is 1. The van der Waals surface area contributed by atoms with Crippen LogP contribution in [0, 0.1) is 12.8 Å². The Hall–Kier alpha value is -0.470. The van der Waals surface area contributed by atoms with Gasteiger partial charge in [0.05, 0.1) is 0 Å². The first-order valence-corrected chi connectivity index (χ1v) is 9.61. The van der Waals surface area contributed by atoms with E-state index in [-0.39, 0.29) is 24.0 Å². The summed E-state index contributed by atoms with van der Waals surface area (Å²) in [5, 5.41) is 6.73. The van der Waals surface area contributed by atoms with E-state index in [4.69, 9.17) is 4.74 Å². The molecule has 1 saturated carbocycles. The molecular formula is C18H30IN3OS. The lowest BCUT2D eigenvalue weighted by Gasteiger charge is -2.14. The van der Waals surface area contributed by atoms with Crippen LogP contribution in [-0.2, 0) is 11.3 Å². The maximum absolute atomic E-state index is 5.64. The maximum Gasteiger partial charge on any atom is 0.191 e. The van der Waals surface area contributed by atoms with E-state index in [1.807, 2.05) is 7.05 Å². The van der Waals surface area contributed by atoms with Gasteiger partial charge < -0.3 is 15.4 Å². The van der Waals surface area contributed by atoms with Gasteiger partial charge in [-0.05, 0) is 55.6 Å². The number of halogens is 1. The minimum absolute atomic E-state index is 0. The van der Waals surface area contributed by atoms with E-state index in [1.165, 1.54) is 28.9 Å². The number of ether oxygens (including phenoxy) is 1. The summed E-state index contributed by atoms with van der Waals surface area (Å²) in [4.78, 5) is 5.60. The Morgan fingerprint density at radius 1 is 1.33 bits per heavy atom. The fraction of sp³-hybridized carbons (Fsp3) is 0.611. The number of guanidine groups is 1. The van der Waals surface area contributed by atoms with Crippen molar-refractivity contribution in [3.63, 3.8) is 0 Å². The number of hydrogen-bond donors (Lipinski definition) is 2. The summed E-state index contributed by atoms with van der Waals surface area (Å²) in [6, 6.07) is 6.58. The minimum Gasteiger partial charge on any atom is -0.381 e. The number of nitrogens with zero attached hydrogens (tertiary/aromatic N) is 1. The molecule has 0 spiro atoms. The van der Waals surface area contributed by atoms with Crippen molar-refractivity contribution in [2.45, 2.75) is 37.6 Å². The predicted molar refractivity (Wildman–Crippen MR) is 115 cm³/mol. The molecule has 0 unspecified atom stereocenters. The van der Waals surface area contributed by atoms with Gasteiger partial charge in [-0.15, -0.1) is 35.7 Å². The lowest BCUT2D eigenvalue weighted by molar-refractivity contribution is 0.123. The van der Waals surface area contributed by atoms with Crippen molar-refractivity contribution in [3.05, 3.63) is 29.3 Å². The van der Waals surface area contributed by atoms with E-state index in [9.17, 15) is 0 Å². The smallest absolute Gasteiger partial charge is 0.191 e. The van der Waals surface area contributed by atoms with Gasteiger partial charge in [-0.25, -0.2) is 0 Å². The van der Waals surface area contributed by atoms with Crippen LogP contribution in [0.4, 0.5) is 0 Å². The van der Waals surface area contributed by atoms with Gasteiger partial charge in [0.1, 0.15) is 0 Å². The third kappa shape index (κ3) is 8.07. The van der Waals surface area contributed by atoms with Crippen LogP contribution >= 0.6 is 35.7 Å². The first kappa shape index (κ1) is 21.6. The van der Waals surface area contributed by atoms with Crippen molar-refractivity contribution in [3.8, 4) is 0 Å². The van der Waals surface area contributed by atoms with Crippen LogP contribution in [0.25, 0.3) is 0 Å². The third-order valence-corrected chi connectivity index (χ3v) is 4.74. The molecule has 0 bridgehead atoms. The summed E-state index contributed by atoms with van der Waals surface area (Å²) in [6.45, 7) is 5.57. The van der Waals surface area contributed by atoms with E-state index in [0.717, 1.165) is 44.6 Å². The Labute approximate surface area is 167 Å². The van der Waals surface area contributed by atoms with Crippen molar-refractivity contribution in [2.24, 2.45) is 10.9 Å². The number of aryl methyl sites for hydroxylation is 1. The van der Waals surface area contributed by atoms with Crippen molar-refractivity contribution in [1.29, 1.82) is 0 Å². The summed E-state index contributed by atoms with van der Waals surface area (Å²) in [5.41, 5.74) is 2.60. The number of hydrogen-bond acceptors (Lipinski definition) is 3. The molecule has 0 amide bonds. The molecule has 1 aliphatic rings. The summed E-state index contributed by atoms with van der Waals surface area (Å²) in [6.07, 6.45) is 5.83. The molecule has 0 radical (unpaired) electrons. The topological polar surface area (TPSA) is 45.7 Å². The highest BCUT2D eigenvalue weighted by atomic mass is 127. The number of aliphatic imine (C=N–C) groups is 1. The predicted octanol–water partition coefficient (Wildman–Crippen LogP) is 3.82. The highest BCUT2D eigenvalue weighted by Crippen LogP contribution is 2.28. The van der Waals surface area contributed by atoms with E-state index < -0.39 is 0 Å². The SMILES string of the molecule is CN=C(NCCCOCC1CC1)NCc1ccc(C)cc1SC.I. The van der Waals surface area contributed by atoms with Gasteiger partial charge in [0.15, 0.2) is 5.96 Å². The molecule has 0 heterocycles. The Balaban J connectivity index is 0.00000288. The second kappa shape index (κ2) is 12.0. The monoisotopic (exact) mass is 463 g/mol. The van der Waals surface area contributed by atoms with Gasteiger partial charge in [0, 0.05) is 38.2 Å². The summed E-state index contributed by atoms with van der Waals surface area (Å²) in [7, 11) is 1.81. The fourth-order valence-electron chi connectivity index (χ4n) is 2.31. The highest BCUT2D eigenvalue weighted by Gasteiger charge is 2.20. The van der Waals surface area contributed by atoms with Gasteiger partial charge >= 0.3 is 0 Å². The lowest BCUT2D eigenvalue weighted by atomic mass is 10.1. The highest BCUT2D eigenvalue weighted by molar-refractivity contribution is 14.0. The molecule has 1 aromatic rings. The summed E-state index contributed by atoms with van der Waals surface area (Å²) in [5.74, 6) is 1.69. The number of rotatable bonds is 9. The lowest BCUT2D eigenvalue weighted by Crippen LogP contribution is -2.37. The Bertz CT molecular complexity index is 521. The second-order valence-electron chi connectivity index (χ2n) is 6.04. The van der Waals surface area contributed by atoms with Gasteiger partial charge in [-0.3, -0.25) is 4.99 Å². The number of benzene rings is 1.